The lowest BCUT2D eigenvalue weighted by molar-refractivity contribution is -0.119. The van der Waals surface area contributed by atoms with Crippen LogP contribution in [-0.4, -0.2) is 25.1 Å². The molecule has 0 heterocycles. The molecule has 25 heavy (non-hydrogen) atoms. The summed E-state index contributed by atoms with van der Waals surface area (Å²) in [5.41, 5.74) is 1.31. The van der Waals surface area contributed by atoms with Crippen molar-refractivity contribution in [1.82, 2.24) is 5.32 Å². The molecule has 0 radical (unpaired) electrons. The Balaban J connectivity index is 1.79. The number of ether oxygens (including phenoxy) is 2. The summed E-state index contributed by atoms with van der Waals surface area (Å²) in [5.74, 6) is -0.203. The zero-order valence-corrected chi connectivity index (χ0v) is 15.1. The van der Waals surface area contributed by atoms with Crippen LogP contribution >= 0.6 is 23.2 Å². The van der Waals surface area contributed by atoms with E-state index in [1.54, 1.807) is 42.5 Å². The second-order valence-corrected chi connectivity index (χ2v) is 5.96. The molecule has 0 saturated heterocycles. The minimum Gasteiger partial charge on any atom is -0.487 e. The van der Waals surface area contributed by atoms with E-state index >= 15 is 0 Å². The number of amides is 1. The molecule has 2 rings (SSSR count). The maximum atomic E-state index is 12.0. The molecule has 2 aromatic carbocycles. The van der Waals surface area contributed by atoms with Gasteiger partial charge in [-0.3, -0.25) is 4.79 Å². The first-order valence-corrected chi connectivity index (χ1v) is 8.30. The third-order valence-corrected chi connectivity index (χ3v) is 3.81. The molecule has 0 aliphatic rings. The van der Waals surface area contributed by atoms with Crippen LogP contribution in [0.1, 0.15) is 22.8 Å². The minimum atomic E-state index is -0.458. The third-order valence-electron chi connectivity index (χ3n) is 3.21. The van der Waals surface area contributed by atoms with Crippen molar-refractivity contribution in [3.63, 3.8) is 0 Å². The Morgan fingerprint density at radius 2 is 1.64 bits per heavy atom. The number of esters is 1. The summed E-state index contributed by atoms with van der Waals surface area (Å²) in [6, 6.07) is 11.8. The first kappa shape index (κ1) is 19.1. The van der Waals surface area contributed by atoms with Crippen molar-refractivity contribution in [2.45, 2.75) is 13.5 Å². The number of para-hydroxylation sites is 1. The molecular formula is C18H17Cl2NO4. The van der Waals surface area contributed by atoms with Crippen molar-refractivity contribution in [3.05, 3.63) is 63.6 Å². The maximum Gasteiger partial charge on any atom is 0.338 e. The van der Waals surface area contributed by atoms with E-state index in [4.69, 9.17) is 32.7 Å². The van der Waals surface area contributed by atoms with Crippen LogP contribution in [-0.2, 0) is 16.1 Å². The van der Waals surface area contributed by atoms with Crippen LogP contribution in [0.4, 0.5) is 0 Å². The molecule has 0 aliphatic heterocycles. The minimum absolute atomic E-state index is 0.0635. The molecule has 0 unspecified atom stereocenters. The van der Waals surface area contributed by atoms with Crippen molar-refractivity contribution in [3.8, 4) is 5.75 Å². The molecule has 5 nitrogen and oxygen atoms in total. The van der Waals surface area contributed by atoms with Crippen LogP contribution in [0.2, 0.25) is 10.0 Å². The van der Waals surface area contributed by atoms with Gasteiger partial charge in [-0.25, -0.2) is 4.79 Å². The zero-order valence-electron chi connectivity index (χ0n) is 13.6. The van der Waals surface area contributed by atoms with Crippen molar-refractivity contribution >= 4 is 35.1 Å². The average Bonchev–Trinajstić information content (AvgIpc) is 2.59. The quantitative estimate of drug-likeness (QED) is 0.583. The standard InChI is InChI=1S/C18H17Cl2NO4/c1-12(22)21-11-13-5-7-14(8-6-13)18(23)25-10-9-24-17-15(19)3-2-4-16(17)20/h2-8H,9-11H2,1H3,(H,21,22). The van der Waals surface area contributed by atoms with Gasteiger partial charge in [0.25, 0.3) is 0 Å². The van der Waals surface area contributed by atoms with Crippen molar-refractivity contribution < 1.29 is 19.1 Å². The SMILES string of the molecule is CC(=O)NCc1ccc(C(=O)OCCOc2c(Cl)cccc2Cl)cc1. The van der Waals surface area contributed by atoms with E-state index in [0.29, 0.717) is 27.9 Å². The molecule has 0 saturated carbocycles. The molecule has 0 aliphatic carbocycles. The van der Waals surface area contributed by atoms with Gasteiger partial charge in [-0.15, -0.1) is 0 Å². The van der Waals surface area contributed by atoms with Crippen molar-refractivity contribution in [2.24, 2.45) is 0 Å². The highest BCUT2D eigenvalue weighted by Gasteiger charge is 2.09. The Hall–Kier alpha value is -2.24. The van der Waals surface area contributed by atoms with Gasteiger partial charge in [0, 0.05) is 13.5 Å². The average molecular weight is 382 g/mol. The summed E-state index contributed by atoms with van der Waals surface area (Å²) in [7, 11) is 0. The fraction of sp³-hybridized carbons (Fsp3) is 0.222. The van der Waals surface area contributed by atoms with Gasteiger partial charge in [0.05, 0.1) is 15.6 Å². The lowest BCUT2D eigenvalue weighted by atomic mass is 10.1. The zero-order chi connectivity index (χ0) is 18.2. The van der Waals surface area contributed by atoms with Crippen molar-refractivity contribution in [1.29, 1.82) is 0 Å². The number of carbonyl (C=O) groups is 2. The molecule has 0 fully saturated rings. The van der Waals surface area contributed by atoms with Crippen LogP contribution in [0.5, 0.6) is 5.75 Å². The largest absolute Gasteiger partial charge is 0.487 e. The Kier molecular flexibility index (Phi) is 7.10. The molecule has 132 valence electrons. The van der Waals surface area contributed by atoms with E-state index in [-0.39, 0.29) is 19.1 Å². The summed E-state index contributed by atoms with van der Waals surface area (Å²) in [5, 5.41) is 3.48. The van der Waals surface area contributed by atoms with E-state index in [1.807, 2.05) is 0 Å². The number of hydrogen-bond acceptors (Lipinski definition) is 4. The Labute approximate surface area is 155 Å². The Morgan fingerprint density at radius 3 is 2.24 bits per heavy atom. The fourth-order valence-corrected chi connectivity index (χ4v) is 2.47. The molecule has 1 amide bonds. The second kappa shape index (κ2) is 9.30. The number of rotatable bonds is 7. The van der Waals surface area contributed by atoms with E-state index < -0.39 is 5.97 Å². The van der Waals surface area contributed by atoms with Gasteiger partial charge >= 0.3 is 5.97 Å². The van der Waals surface area contributed by atoms with Crippen LogP contribution in [0.3, 0.4) is 0 Å². The number of nitrogens with one attached hydrogen (secondary N) is 1. The van der Waals surface area contributed by atoms with Gasteiger partial charge in [-0.1, -0.05) is 41.4 Å². The maximum absolute atomic E-state index is 12.0. The predicted molar refractivity (Wildman–Crippen MR) is 96.2 cm³/mol. The van der Waals surface area contributed by atoms with Gasteiger partial charge in [0.15, 0.2) is 5.75 Å². The first-order chi connectivity index (χ1) is 12.0. The highest BCUT2D eigenvalue weighted by atomic mass is 35.5. The topological polar surface area (TPSA) is 64.6 Å². The van der Waals surface area contributed by atoms with E-state index in [2.05, 4.69) is 5.32 Å². The molecule has 7 heteroatoms. The highest BCUT2D eigenvalue weighted by molar-refractivity contribution is 6.37. The summed E-state index contributed by atoms with van der Waals surface area (Å²) in [6.07, 6.45) is 0. The Bertz CT molecular complexity index is 727. The van der Waals surface area contributed by atoms with Gasteiger partial charge in [-0.05, 0) is 29.8 Å². The van der Waals surface area contributed by atoms with Crippen LogP contribution in [0.25, 0.3) is 0 Å². The van der Waals surface area contributed by atoms with Gasteiger partial charge < -0.3 is 14.8 Å². The van der Waals surface area contributed by atoms with E-state index in [9.17, 15) is 9.59 Å². The summed E-state index contributed by atoms with van der Waals surface area (Å²) < 4.78 is 10.6. The van der Waals surface area contributed by atoms with Gasteiger partial charge in [0.2, 0.25) is 5.91 Å². The summed E-state index contributed by atoms with van der Waals surface area (Å²) in [6.45, 7) is 2.06. The summed E-state index contributed by atoms with van der Waals surface area (Å²) in [4.78, 5) is 22.8. The molecule has 0 atom stereocenters. The number of hydrogen-bond donors (Lipinski definition) is 1. The highest BCUT2D eigenvalue weighted by Crippen LogP contribution is 2.32. The third kappa shape index (κ3) is 5.96. The molecule has 0 spiro atoms. The van der Waals surface area contributed by atoms with Crippen LogP contribution < -0.4 is 10.1 Å². The van der Waals surface area contributed by atoms with E-state index in [1.165, 1.54) is 6.92 Å². The van der Waals surface area contributed by atoms with E-state index in [0.717, 1.165) is 5.56 Å². The number of benzene rings is 2. The molecule has 0 aromatic heterocycles. The Morgan fingerprint density at radius 1 is 1.00 bits per heavy atom. The lowest BCUT2D eigenvalue weighted by Crippen LogP contribution is -2.19. The first-order valence-electron chi connectivity index (χ1n) is 7.54. The van der Waals surface area contributed by atoms with Gasteiger partial charge in [0.1, 0.15) is 13.2 Å². The summed E-state index contributed by atoms with van der Waals surface area (Å²) >= 11 is 12.0. The molecule has 2 aromatic rings. The fourth-order valence-electron chi connectivity index (χ4n) is 1.97. The van der Waals surface area contributed by atoms with Crippen LogP contribution in [0, 0.1) is 0 Å². The smallest absolute Gasteiger partial charge is 0.338 e. The predicted octanol–water partition coefficient (Wildman–Crippen LogP) is 3.87. The number of halogens is 2. The number of carbonyl (C=O) groups excluding carboxylic acids is 2. The van der Waals surface area contributed by atoms with Crippen molar-refractivity contribution in [2.75, 3.05) is 13.2 Å². The molecule has 0 bridgehead atoms. The van der Waals surface area contributed by atoms with Gasteiger partial charge in [-0.2, -0.15) is 0 Å². The lowest BCUT2D eigenvalue weighted by Gasteiger charge is -2.10. The van der Waals surface area contributed by atoms with Crippen LogP contribution in [0.15, 0.2) is 42.5 Å². The molecule has 1 N–H and O–H groups in total. The normalized spacial score (nSPS) is 10.2. The monoisotopic (exact) mass is 381 g/mol. The second-order valence-electron chi connectivity index (χ2n) is 5.14. The molecular weight excluding hydrogens is 365 g/mol.